The lowest BCUT2D eigenvalue weighted by Gasteiger charge is -1.85. The van der Waals surface area contributed by atoms with Gasteiger partial charge in [0.15, 0.2) is 5.13 Å². The highest BCUT2D eigenvalue weighted by Gasteiger charge is 2.07. The maximum absolute atomic E-state index is 5.95. The maximum atomic E-state index is 5.95. The standard InChI is InChI=1S/C8H7ClN2S2/c1-4-2-6(13-7(4)9)5-3-12-8(10)11-5/h2-3H,1H3,(H2,10,11). The average Bonchev–Trinajstić information content (AvgIpc) is 2.61. The molecule has 0 aliphatic rings. The summed E-state index contributed by atoms with van der Waals surface area (Å²) in [7, 11) is 0. The predicted octanol–water partition coefficient (Wildman–Crippen LogP) is 3.42. The lowest BCUT2D eigenvalue weighted by molar-refractivity contribution is 1.43. The molecule has 2 heterocycles. The van der Waals surface area contributed by atoms with Gasteiger partial charge in [0, 0.05) is 5.38 Å². The van der Waals surface area contributed by atoms with Gasteiger partial charge in [-0.2, -0.15) is 0 Å². The minimum absolute atomic E-state index is 0.595. The number of aromatic nitrogens is 1. The van der Waals surface area contributed by atoms with Crippen LogP contribution in [0.15, 0.2) is 11.4 Å². The fraction of sp³-hybridized carbons (Fsp3) is 0.125. The number of anilines is 1. The first-order valence-electron chi connectivity index (χ1n) is 3.64. The van der Waals surface area contributed by atoms with Crippen molar-refractivity contribution in [3.63, 3.8) is 0 Å². The molecule has 0 aromatic carbocycles. The topological polar surface area (TPSA) is 38.9 Å². The summed E-state index contributed by atoms with van der Waals surface area (Å²) < 4.78 is 0.821. The first-order valence-corrected chi connectivity index (χ1v) is 5.71. The highest BCUT2D eigenvalue weighted by Crippen LogP contribution is 2.35. The van der Waals surface area contributed by atoms with Crippen LogP contribution >= 0.6 is 34.3 Å². The summed E-state index contributed by atoms with van der Waals surface area (Å²) in [6, 6.07) is 2.03. The van der Waals surface area contributed by atoms with Crippen LogP contribution in [0.4, 0.5) is 5.13 Å². The number of halogens is 1. The van der Waals surface area contributed by atoms with E-state index in [-0.39, 0.29) is 0 Å². The molecule has 2 aromatic rings. The lowest BCUT2D eigenvalue weighted by atomic mass is 10.3. The highest BCUT2D eigenvalue weighted by atomic mass is 35.5. The van der Waals surface area contributed by atoms with Crippen molar-refractivity contribution in [2.24, 2.45) is 0 Å². The van der Waals surface area contributed by atoms with E-state index in [2.05, 4.69) is 4.98 Å². The Hall–Kier alpha value is -0.580. The van der Waals surface area contributed by atoms with Crippen LogP contribution in [0.5, 0.6) is 0 Å². The fourth-order valence-corrected chi connectivity index (χ4v) is 2.79. The normalized spacial score (nSPS) is 10.6. The van der Waals surface area contributed by atoms with E-state index in [0.29, 0.717) is 5.13 Å². The van der Waals surface area contributed by atoms with E-state index >= 15 is 0 Å². The Kier molecular flexibility index (Phi) is 2.27. The molecule has 5 heteroatoms. The number of hydrogen-bond acceptors (Lipinski definition) is 4. The molecular weight excluding hydrogens is 224 g/mol. The zero-order chi connectivity index (χ0) is 9.42. The van der Waals surface area contributed by atoms with E-state index in [1.165, 1.54) is 22.7 Å². The lowest BCUT2D eigenvalue weighted by Crippen LogP contribution is -1.80. The third-order valence-corrected chi connectivity index (χ3v) is 3.88. The van der Waals surface area contributed by atoms with Gasteiger partial charge < -0.3 is 5.73 Å². The molecule has 0 saturated heterocycles. The predicted molar refractivity (Wildman–Crippen MR) is 59.6 cm³/mol. The van der Waals surface area contributed by atoms with Crippen molar-refractivity contribution < 1.29 is 0 Å². The molecule has 0 aliphatic carbocycles. The molecule has 0 spiro atoms. The van der Waals surface area contributed by atoms with E-state index in [4.69, 9.17) is 17.3 Å². The second-order valence-electron chi connectivity index (χ2n) is 2.64. The van der Waals surface area contributed by atoms with Gasteiger partial charge in [0.1, 0.15) is 0 Å². The van der Waals surface area contributed by atoms with Crippen molar-refractivity contribution in [1.29, 1.82) is 0 Å². The van der Waals surface area contributed by atoms with Crippen LogP contribution in [-0.2, 0) is 0 Å². The van der Waals surface area contributed by atoms with Gasteiger partial charge in [-0.1, -0.05) is 11.6 Å². The third kappa shape index (κ3) is 1.70. The molecule has 2 N–H and O–H groups in total. The zero-order valence-corrected chi connectivity index (χ0v) is 9.26. The Morgan fingerprint density at radius 3 is 2.77 bits per heavy atom. The van der Waals surface area contributed by atoms with E-state index in [0.717, 1.165) is 20.5 Å². The molecule has 2 nitrogen and oxygen atoms in total. The Bertz CT molecular complexity index is 414. The molecule has 2 rings (SSSR count). The molecule has 68 valence electrons. The van der Waals surface area contributed by atoms with Crippen molar-refractivity contribution in [2.45, 2.75) is 6.92 Å². The molecule has 0 aliphatic heterocycles. The second-order valence-corrected chi connectivity index (χ2v) is 5.18. The van der Waals surface area contributed by atoms with Gasteiger partial charge in [-0.3, -0.25) is 0 Å². The number of hydrogen-bond donors (Lipinski definition) is 1. The summed E-state index contributed by atoms with van der Waals surface area (Å²) in [5.41, 5.74) is 7.55. The summed E-state index contributed by atoms with van der Waals surface area (Å²) in [6.45, 7) is 1.98. The van der Waals surface area contributed by atoms with Crippen molar-refractivity contribution in [2.75, 3.05) is 5.73 Å². The van der Waals surface area contributed by atoms with Crippen LogP contribution in [0.25, 0.3) is 10.6 Å². The average molecular weight is 231 g/mol. The number of thiophene rings is 1. The SMILES string of the molecule is Cc1cc(-c2csc(N)n2)sc1Cl. The molecule has 0 atom stereocenters. The van der Waals surface area contributed by atoms with E-state index in [1.807, 2.05) is 18.4 Å². The Balaban J connectivity index is 2.46. The van der Waals surface area contributed by atoms with Crippen LogP contribution in [0.1, 0.15) is 5.56 Å². The monoisotopic (exact) mass is 230 g/mol. The molecule has 0 fully saturated rings. The van der Waals surface area contributed by atoms with Crippen LogP contribution in [0.3, 0.4) is 0 Å². The number of rotatable bonds is 1. The smallest absolute Gasteiger partial charge is 0.180 e. The summed E-state index contributed by atoms with van der Waals surface area (Å²) >= 11 is 8.93. The molecular formula is C8H7ClN2S2. The molecule has 2 aromatic heterocycles. The number of nitrogens with zero attached hydrogens (tertiary/aromatic N) is 1. The van der Waals surface area contributed by atoms with Gasteiger partial charge in [0.05, 0.1) is 14.9 Å². The Labute approximate surface area is 89.0 Å². The quantitative estimate of drug-likeness (QED) is 0.816. The molecule has 0 radical (unpaired) electrons. The van der Waals surface area contributed by atoms with Crippen molar-refractivity contribution in [3.05, 3.63) is 21.3 Å². The summed E-state index contributed by atoms with van der Waals surface area (Å²) in [6.07, 6.45) is 0. The van der Waals surface area contributed by atoms with Gasteiger partial charge in [-0.15, -0.1) is 22.7 Å². The minimum Gasteiger partial charge on any atom is -0.375 e. The zero-order valence-electron chi connectivity index (χ0n) is 6.87. The number of nitrogen functional groups attached to an aromatic ring is 1. The van der Waals surface area contributed by atoms with E-state index in [1.54, 1.807) is 0 Å². The van der Waals surface area contributed by atoms with Crippen molar-refractivity contribution in [3.8, 4) is 10.6 Å². The van der Waals surface area contributed by atoms with Gasteiger partial charge in [-0.05, 0) is 18.6 Å². The van der Waals surface area contributed by atoms with Crippen molar-refractivity contribution in [1.82, 2.24) is 4.98 Å². The molecule has 0 saturated carbocycles. The molecule has 0 bridgehead atoms. The Morgan fingerprint density at radius 2 is 2.31 bits per heavy atom. The fourth-order valence-electron chi connectivity index (χ4n) is 0.987. The van der Waals surface area contributed by atoms with Crippen molar-refractivity contribution >= 4 is 39.4 Å². The van der Waals surface area contributed by atoms with Crippen LogP contribution in [0.2, 0.25) is 4.34 Å². The van der Waals surface area contributed by atoms with Crippen LogP contribution in [-0.4, -0.2) is 4.98 Å². The number of aryl methyl sites for hydroxylation is 1. The van der Waals surface area contributed by atoms with Gasteiger partial charge in [0.25, 0.3) is 0 Å². The van der Waals surface area contributed by atoms with Crippen LogP contribution in [0, 0.1) is 6.92 Å². The molecule has 0 unspecified atom stereocenters. The van der Waals surface area contributed by atoms with Gasteiger partial charge in [0.2, 0.25) is 0 Å². The third-order valence-electron chi connectivity index (χ3n) is 1.63. The van der Waals surface area contributed by atoms with E-state index in [9.17, 15) is 0 Å². The van der Waals surface area contributed by atoms with Gasteiger partial charge in [-0.25, -0.2) is 4.98 Å². The number of thiazole rings is 1. The molecule has 13 heavy (non-hydrogen) atoms. The summed E-state index contributed by atoms with van der Waals surface area (Å²) in [5.74, 6) is 0. The molecule has 0 amide bonds. The largest absolute Gasteiger partial charge is 0.375 e. The first kappa shape index (κ1) is 8.99. The van der Waals surface area contributed by atoms with Crippen LogP contribution < -0.4 is 5.73 Å². The maximum Gasteiger partial charge on any atom is 0.180 e. The van der Waals surface area contributed by atoms with Gasteiger partial charge >= 0.3 is 0 Å². The van der Waals surface area contributed by atoms with E-state index < -0.39 is 0 Å². The highest BCUT2D eigenvalue weighted by molar-refractivity contribution is 7.20. The minimum atomic E-state index is 0.595. The summed E-state index contributed by atoms with van der Waals surface area (Å²) in [4.78, 5) is 5.26. The Morgan fingerprint density at radius 1 is 1.54 bits per heavy atom. The first-order chi connectivity index (χ1) is 6.16. The number of nitrogens with two attached hydrogens (primary N) is 1. The summed E-state index contributed by atoms with van der Waals surface area (Å²) in [5, 5.41) is 2.54. The second kappa shape index (κ2) is 3.29.